The van der Waals surface area contributed by atoms with Crippen molar-refractivity contribution in [2.24, 2.45) is 0 Å². The minimum absolute atomic E-state index is 0.491. The van der Waals surface area contributed by atoms with E-state index in [1.807, 2.05) is 4.57 Å². The Hall–Kier alpha value is -0.440. The molecular formula is C12H12Br2N4OS. The Morgan fingerprint density at radius 2 is 2.00 bits per heavy atom. The second kappa shape index (κ2) is 5.08. The van der Waals surface area contributed by atoms with Crippen LogP contribution in [0.1, 0.15) is 12.8 Å². The highest BCUT2D eigenvalue weighted by molar-refractivity contribution is 9.13. The maximum atomic E-state index is 5.63. The van der Waals surface area contributed by atoms with E-state index in [-0.39, 0.29) is 0 Å². The van der Waals surface area contributed by atoms with E-state index in [9.17, 15) is 0 Å². The summed E-state index contributed by atoms with van der Waals surface area (Å²) in [5, 5.41) is 3.16. The Kier molecular flexibility index (Phi) is 3.36. The van der Waals surface area contributed by atoms with Crippen molar-refractivity contribution in [2.45, 2.75) is 24.9 Å². The summed E-state index contributed by atoms with van der Waals surface area (Å²) in [6.45, 7) is 1.65. The molecule has 0 aromatic carbocycles. The summed E-state index contributed by atoms with van der Waals surface area (Å²) in [6.07, 6.45) is 4.18. The van der Waals surface area contributed by atoms with Crippen molar-refractivity contribution in [2.75, 3.05) is 18.1 Å². The van der Waals surface area contributed by atoms with E-state index in [1.54, 1.807) is 17.7 Å². The summed E-state index contributed by atoms with van der Waals surface area (Å²) in [6, 6.07) is 0.983. The second-order valence-corrected chi connectivity index (χ2v) is 7.35. The molecule has 0 saturated carbocycles. The third-order valence-corrected chi connectivity index (χ3v) is 6.57. The van der Waals surface area contributed by atoms with Crippen LogP contribution in [0.5, 0.6) is 0 Å². The fraction of sp³-hybridized carbons (Fsp3) is 0.500. The van der Waals surface area contributed by atoms with Gasteiger partial charge in [-0.25, -0.2) is 9.97 Å². The summed E-state index contributed by atoms with van der Waals surface area (Å²) in [7, 11) is 0. The number of imidazole rings is 1. The van der Waals surface area contributed by atoms with Gasteiger partial charge in [-0.2, -0.15) is 0 Å². The lowest BCUT2D eigenvalue weighted by atomic mass is 10.2. The molecule has 2 aliphatic rings. The zero-order valence-electron chi connectivity index (χ0n) is 10.5. The van der Waals surface area contributed by atoms with Gasteiger partial charge in [0, 0.05) is 5.38 Å². The third-order valence-electron chi connectivity index (χ3n) is 3.86. The molecule has 0 unspecified atom stereocenters. The minimum Gasteiger partial charge on any atom is -0.377 e. The number of anilines is 1. The predicted molar refractivity (Wildman–Crippen MR) is 84.7 cm³/mol. The van der Waals surface area contributed by atoms with Gasteiger partial charge in [-0.15, -0.1) is 11.3 Å². The Balaban J connectivity index is 1.67. The monoisotopic (exact) mass is 418 g/mol. The molecule has 2 fully saturated rings. The highest BCUT2D eigenvalue weighted by Crippen LogP contribution is 2.36. The second-order valence-electron chi connectivity index (χ2n) is 5.01. The number of aromatic nitrogens is 3. The highest BCUT2D eigenvalue weighted by atomic mass is 79.9. The van der Waals surface area contributed by atoms with Crippen LogP contribution in [0.25, 0.3) is 5.82 Å². The average Bonchev–Trinajstić information content (AvgIpc) is 3.09. The van der Waals surface area contributed by atoms with Gasteiger partial charge in [-0.3, -0.25) is 4.57 Å². The lowest BCUT2D eigenvalue weighted by molar-refractivity contribution is 0.0906. The molecule has 5 nitrogen and oxygen atoms in total. The number of hydrogen-bond acceptors (Lipinski definition) is 5. The zero-order valence-corrected chi connectivity index (χ0v) is 14.5. The first kappa shape index (κ1) is 13.2. The molecule has 0 spiro atoms. The van der Waals surface area contributed by atoms with Crippen molar-refractivity contribution in [1.29, 1.82) is 0 Å². The summed E-state index contributed by atoms with van der Waals surface area (Å²) in [4.78, 5) is 11.4. The van der Waals surface area contributed by atoms with E-state index in [2.05, 4.69) is 47.1 Å². The Labute approximate surface area is 137 Å². The van der Waals surface area contributed by atoms with E-state index < -0.39 is 0 Å². The number of nitrogens with zero attached hydrogens (tertiary/aromatic N) is 4. The minimum atomic E-state index is 0.491. The molecule has 0 aliphatic carbocycles. The SMILES string of the molecule is Brc1ncn(-c2csc(N3[C@@H]4CC[C@H]3COC4)n2)c1Br. The van der Waals surface area contributed by atoms with Crippen molar-refractivity contribution in [3.8, 4) is 5.82 Å². The van der Waals surface area contributed by atoms with Crippen LogP contribution in [0.3, 0.4) is 0 Å². The molecule has 2 atom stereocenters. The molecule has 2 saturated heterocycles. The molecule has 20 heavy (non-hydrogen) atoms. The van der Waals surface area contributed by atoms with Gasteiger partial charge in [0.1, 0.15) is 15.5 Å². The molecule has 2 aromatic heterocycles. The van der Waals surface area contributed by atoms with Gasteiger partial charge in [0.25, 0.3) is 0 Å². The van der Waals surface area contributed by atoms with Gasteiger partial charge >= 0.3 is 0 Å². The lowest BCUT2D eigenvalue weighted by Crippen LogP contribution is -2.45. The fourth-order valence-electron chi connectivity index (χ4n) is 2.90. The summed E-state index contributed by atoms with van der Waals surface area (Å²) in [5.41, 5.74) is 0. The fourth-order valence-corrected chi connectivity index (χ4v) is 4.50. The van der Waals surface area contributed by atoms with Crippen LogP contribution in [0.15, 0.2) is 20.9 Å². The number of ether oxygens (including phenoxy) is 1. The molecular weight excluding hydrogens is 408 g/mol. The third kappa shape index (κ3) is 2.04. The normalized spacial score (nSPS) is 25.4. The van der Waals surface area contributed by atoms with Gasteiger partial charge < -0.3 is 9.64 Å². The Morgan fingerprint density at radius 3 is 2.65 bits per heavy atom. The standard InChI is InChI=1S/C12H12Br2N4OS/c13-10-11(14)17(6-15-10)9-5-20-12(16-9)18-7-1-2-8(18)4-19-3-7/h5-8H,1-4H2/t7-,8+. The Morgan fingerprint density at radius 1 is 1.25 bits per heavy atom. The molecule has 106 valence electrons. The summed E-state index contributed by atoms with van der Waals surface area (Å²) in [5.74, 6) is 0.904. The van der Waals surface area contributed by atoms with E-state index in [4.69, 9.17) is 9.72 Å². The zero-order chi connectivity index (χ0) is 13.7. The van der Waals surface area contributed by atoms with E-state index >= 15 is 0 Å². The largest absolute Gasteiger partial charge is 0.377 e. The van der Waals surface area contributed by atoms with Crippen LogP contribution in [-0.2, 0) is 4.74 Å². The molecule has 4 heterocycles. The summed E-state index contributed by atoms with van der Waals surface area (Å²) >= 11 is 8.60. The molecule has 2 bridgehead atoms. The van der Waals surface area contributed by atoms with E-state index in [1.165, 1.54) is 12.8 Å². The van der Waals surface area contributed by atoms with E-state index in [0.717, 1.165) is 33.4 Å². The van der Waals surface area contributed by atoms with Crippen LogP contribution in [0, 0.1) is 0 Å². The van der Waals surface area contributed by atoms with Gasteiger partial charge in [0.05, 0.1) is 25.3 Å². The predicted octanol–water partition coefficient (Wildman–Crippen LogP) is 3.22. The van der Waals surface area contributed by atoms with Gasteiger partial charge in [0.2, 0.25) is 0 Å². The lowest BCUT2D eigenvalue weighted by Gasteiger charge is -2.34. The molecule has 2 aromatic rings. The summed E-state index contributed by atoms with van der Waals surface area (Å²) < 4.78 is 9.24. The van der Waals surface area contributed by atoms with Crippen molar-refractivity contribution in [3.63, 3.8) is 0 Å². The average molecular weight is 420 g/mol. The van der Waals surface area contributed by atoms with Crippen LogP contribution in [0.4, 0.5) is 5.13 Å². The molecule has 4 rings (SSSR count). The molecule has 0 N–H and O–H groups in total. The van der Waals surface area contributed by atoms with Gasteiger partial charge in [-0.1, -0.05) is 0 Å². The van der Waals surface area contributed by atoms with Gasteiger partial charge in [-0.05, 0) is 44.7 Å². The molecule has 2 aliphatic heterocycles. The first-order valence-corrected chi connectivity index (χ1v) is 8.91. The molecule has 0 radical (unpaired) electrons. The first-order chi connectivity index (χ1) is 9.74. The number of halogens is 2. The van der Waals surface area contributed by atoms with Crippen molar-refractivity contribution >= 4 is 48.3 Å². The van der Waals surface area contributed by atoms with Crippen LogP contribution < -0.4 is 4.90 Å². The number of thiazole rings is 1. The van der Waals surface area contributed by atoms with Gasteiger partial charge in [0.15, 0.2) is 10.9 Å². The number of morpholine rings is 1. The smallest absolute Gasteiger partial charge is 0.188 e. The number of hydrogen-bond donors (Lipinski definition) is 0. The molecule has 0 amide bonds. The van der Waals surface area contributed by atoms with Crippen LogP contribution in [0.2, 0.25) is 0 Å². The topological polar surface area (TPSA) is 43.2 Å². The maximum Gasteiger partial charge on any atom is 0.188 e. The van der Waals surface area contributed by atoms with Crippen molar-refractivity contribution in [3.05, 3.63) is 20.9 Å². The molecule has 8 heteroatoms. The Bertz CT molecular complexity index is 627. The maximum absolute atomic E-state index is 5.63. The van der Waals surface area contributed by atoms with Crippen molar-refractivity contribution < 1.29 is 4.74 Å². The number of fused-ring (bicyclic) bond motifs is 2. The highest BCUT2D eigenvalue weighted by Gasteiger charge is 2.38. The van der Waals surface area contributed by atoms with Crippen LogP contribution in [-0.4, -0.2) is 39.8 Å². The number of rotatable bonds is 2. The van der Waals surface area contributed by atoms with Crippen molar-refractivity contribution in [1.82, 2.24) is 14.5 Å². The first-order valence-electron chi connectivity index (χ1n) is 6.44. The van der Waals surface area contributed by atoms with Crippen LogP contribution >= 0.6 is 43.2 Å². The van der Waals surface area contributed by atoms with E-state index in [0.29, 0.717) is 12.1 Å². The quantitative estimate of drug-likeness (QED) is 0.749.